The third-order valence-corrected chi connectivity index (χ3v) is 5.86. The van der Waals surface area contributed by atoms with E-state index in [-0.39, 0.29) is 22.3 Å². The van der Waals surface area contributed by atoms with Gasteiger partial charge in [-0.15, -0.1) is 0 Å². The number of benzene rings is 3. The zero-order valence-corrected chi connectivity index (χ0v) is 18.4. The van der Waals surface area contributed by atoms with E-state index in [0.29, 0.717) is 11.4 Å². The molecule has 0 N–H and O–H groups in total. The highest BCUT2D eigenvalue weighted by molar-refractivity contribution is 6.34. The Morgan fingerprint density at radius 3 is 1.09 bits per heavy atom. The van der Waals surface area contributed by atoms with Crippen LogP contribution in [0, 0.1) is 13.8 Å². The third kappa shape index (κ3) is 3.59. The molecule has 0 saturated carbocycles. The summed E-state index contributed by atoms with van der Waals surface area (Å²) in [6, 6.07) is 14.2. The molecule has 34 heavy (non-hydrogen) atoms. The van der Waals surface area contributed by atoms with E-state index >= 15 is 0 Å². The predicted octanol–water partition coefficient (Wildman–Crippen LogP) is 5.37. The van der Waals surface area contributed by atoms with Gasteiger partial charge in [0.15, 0.2) is 35.2 Å². The summed E-state index contributed by atoms with van der Waals surface area (Å²) in [4.78, 5) is 51.5. The molecule has 3 aromatic rings. The smallest absolute Gasteiger partial charge is 0.197 e. The van der Waals surface area contributed by atoms with Crippen LogP contribution in [0.25, 0.3) is 0 Å². The maximum Gasteiger partial charge on any atom is 0.197 e. The molecule has 0 bridgehead atoms. The van der Waals surface area contributed by atoms with Gasteiger partial charge in [-0.25, -0.2) is 0 Å². The van der Waals surface area contributed by atoms with Crippen molar-refractivity contribution in [2.75, 3.05) is 0 Å². The molecular weight excluding hydrogens is 432 g/mol. The van der Waals surface area contributed by atoms with Crippen molar-refractivity contribution in [3.8, 4) is 0 Å². The number of azo groups is 2. The minimum atomic E-state index is -1.33. The van der Waals surface area contributed by atoms with Gasteiger partial charge in [-0.3, -0.25) is 19.2 Å². The summed E-state index contributed by atoms with van der Waals surface area (Å²) in [5.41, 5.74) is 3.36. The first-order valence-corrected chi connectivity index (χ1v) is 10.6. The fourth-order valence-corrected chi connectivity index (χ4v) is 3.92. The topological polar surface area (TPSA) is 118 Å². The van der Waals surface area contributed by atoms with E-state index in [1.807, 2.05) is 38.1 Å². The number of hydrogen-bond acceptors (Lipinski definition) is 8. The second-order valence-electron chi connectivity index (χ2n) is 8.31. The Morgan fingerprint density at radius 2 is 0.794 bits per heavy atom. The van der Waals surface area contributed by atoms with Crippen LogP contribution in [-0.4, -0.2) is 35.2 Å². The highest BCUT2D eigenvalue weighted by Crippen LogP contribution is 2.34. The van der Waals surface area contributed by atoms with Crippen molar-refractivity contribution in [3.63, 3.8) is 0 Å². The molecule has 0 aliphatic heterocycles. The molecule has 5 rings (SSSR count). The van der Waals surface area contributed by atoms with Crippen molar-refractivity contribution in [3.05, 3.63) is 94.0 Å². The van der Waals surface area contributed by atoms with Gasteiger partial charge in [-0.2, -0.15) is 20.5 Å². The lowest BCUT2D eigenvalue weighted by Crippen LogP contribution is -2.20. The van der Waals surface area contributed by atoms with Gasteiger partial charge in [0, 0.05) is 22.3 Å². The molecule has 2 aliphatic rings. The van der Waals surface area contributed by atoms with E-state index in [9.17, 15) is 19.2 Å². The Morgan fingerprint density at radius 1 is 0.500 bits per heavy atom. The molecule has 0 amide bonds. The third-order valence-electron chi connectivity index (χ3n) is 5.86. The molecule has 8 heteroatoms. The van der Waals surface area contributed by atoms with Crippen molar-refractivity contribution >= 4 is 34.5 Å². The quantitative estimate of drug-likeness (QED) is 0.392. The molecule has 0 saturated heterocycles. The Balaban J connectivity index is 1.42. The maximum absolute atomic E-state index is 12.9. The largest absolute Gasteiger partial charge is 0.291 e. The summed E-state index contributed by atoms with van der Waals surface area (Å²) >= 11 is 0. The van der Waals surface area contributed by atoms with E-state index in [1.54, 1.807) is 24.3 Å². The minimum Gasteiger partial charge on any atom is -0.291 e. The molecule has 2 aliphatic carbocycles. The van der Waals surface area contributed by atoms with Gasteiger partial charge in [0.25, 0.3) is 0 Å². The fraction of sp³-hybridized carbons (Fsp3) is 0.154. The van der Waals surface area contributed by atoms with Crippen LogP contribution in [0.15, 0.2) is 81.1 Å². The van der Waals surface area contributed by atoms with Crippen molar-refractivity contribution in [1.82, 2.24) is 0 Å². The molecule has 0 fully saturated rings. The molecule has 3 aromatic carbocycles. The lowest BCUT2D eigenvalue weighted by molar-refractivity contribution is 0.0879. The van der Waals surface area contributed by atoms with Crippen molar-refractivity contribution < 1.29 is 19.2 Å². The fourth-order valence-electron chi connectivity index (χ4n) is 3.92. The Labute approximate surface area is 194 Å². The number of aryl methyl sites for hydroxylation is 2. The van der Waals surface area contributed by atoms with Gasteiger partial charge in [-0.05, 0) is 50.2 Å². The average Bonchev–Trinajstić information content (AvgIpc) is 3.21. The maximum atomic E-state index is 12.9. The average molecular weight is 450 g/mol. The van der Waals surface area contributed by atoms with Gasteiger partial charge in [0.05, 0.1) is 11.4 Å². The molecule has 0 unspecified atom stereocenters. The number of rotatable bonds is 4. The Hall–Kier alpha value is -4.46. The number of carbonyl (C=O) groups excluding carboxylic acids is 4. The second kappa shape index (κ2) is 8.15. The summed E-state index contributed by atoms with van der Waals surface area (Å²) in [6.45, 7) is 3.86. The molecular formula is C26H18N4O4. The van der Waals surface area contributed by atoms with Crippen LogP contribution in [0.4, 0.5) is 11.4 Å². The van der Waals surface area contributed by atoms with E-state index in [4.69, 9.17) is 0 Å². The summed E-state index contributed by atoms with van der Waals surface area (Å²) in [6.07, 6.45) is 0. The normalized spacial score (nSPS) is 16.3. The summed E-state index contributed by atoms with van der Waals surface area (Å²) in [5.74, 6) is -2.21. The van der Waals surface area contributed by atoms with Crippen LogP contribution in [0.1, 0.15) is 52.6 Å². The predicted molar refractivity (Wildman–Crippen MR) is 123 cm³/mol. The highest BCUT2D eigenvalue weighted by atomic mass is 16.2. The number of ketones is 4. The summed E-state index contributed by atoms with van der Waals surface area (Å²) in [5, 5.41) is 15.9. The zero-order valence-electron chi connectivity index (χ0n) is 18.4. The first-order valence-electron chi connectivity index (χ1n) is 10.6. The van der Waals surface area contributed by atoms with Gasteiger partial charge in [0.1, 0.15) is 0 Å². The molecule has 0 atom stereocenters. The van der Waals surface area contributed by atoms with Crippen LogP contribution in [0.2, 0.25) is 0 Å². The first-order chi connectivity index (χ1) is 16.3. The summed E-state index contributed by atoms with van der Waals surface area (Å²) < 4.78 is 0. The van der Waals surface area contributed by atoms with Gasteiger partial charge in [0.2, 0.25) is 0 Å². The van der Waals surface area contributed by atoms with Crippen LogP contribution < -0.4 is 0 Å². The molecule has 0 spiro atoms. The molecule has 0 radical (unpaired) electrons. The van der Waals surface area contributed by atoms with Crippen LogP contribution in [-0.2, 0) is 0 Å². The van der Waals surface area contributed by atoms with Crippen LogP contribution >= 0.6 is 0 Å². The molecule has 0 aromatic heterocycles. The number of fused-ring (bicyclic) bond motifs is 2. The lowest BCUT2D eigenvalue weighted by Gasteiger charge is -1.99. The second-order valence-corrected chi connectivity index (χ2v) is 8.31. The van der Waals surface area contributed by atoms with E-state index in [2.05, 4.69) is 20.5 Å². The van der Waals surface area contributed by atoms with Crippen LogP contribution in [0.3, 0.4) is 0 Å². The number of nitrogens with zero attached hydrogens (tertiary/aromatic N) is 4. The number of hydrogen-bond donors (Lipinski definition) is 0. The SMILES string of the molecule is Cc1ccc(N=NC2C(=O)c3cc4c(cc3C2=O)C(=O)C(N=Nc2ccc(C)cc2)C4=O)cc1. The first kappa shape index (κ1) is 21.4. The van der Waals surface area contributed by atoms with Crippen molar-refractivity contribution in [2.45, 2.75) is 25.9 Å². The van der Waals surface area contributed by atoms with E-state index < -0.39 is 35.2 Å². The standard InChI is InChI=1S/C26H18N4O4/c1-13-3-7-15(8-4-13)27-29-21-23(31)17-11-19-20(12-18(17)24(21)32)26(34)22(25(19)33)30-28-16-9-5-14(2)6-10-16/h3-12,21-22H,1-2H3. The van der Waals surface area contributed by atoms with E-state index in [0.717, 1.165) is 11.1 Å². The molecule has 8 nitrogen and oxygen atoms in total. The minimum absolute atomic E-state index is 0.0638. The summed E-state index contributed by atoms with van der Waals surface area (Å²) in [7, 11) is 0. The van der Waals surface area contributed by atoms with Crippen molar-refractivity contribution in [1.29, 1.82) is 0 Å². The lowest BCUT2D eigenvalue weighted by atomic mass is 10.0. The molecule has 166 valence electrons. The van der Waals surface area contributed by atoms with Gasteiger partial charge in [-0.1, -0.05) is 35.4 Å². The number of Topliss-reactive ketones (excluding diaryl/α,β-unsaturated/α-hetero) is 4. The van der Waals surface area contributed by atoms with Gasteiger partial charge >= 0.3 is 0 Å². The Kier molecular flexibility index (Phi) is 5.13. The zero-order chi connectivity index (χ0) is 24.0. The van der Waals surface area contributed by atoms with Crippen LogP contribution in [0.5, 0.6) is 0 Å². The molecule has 0 heterocycles. The highest BCUT2D eigenvalue weighted by Gasteiger charge is 2.45. The number of carbonyl (C=O) groups is 4. The van der Waals surface area contributed by atoms with Gasteiger partial charge < -0.3 is 0 Å². The van der Waals surface area contributed by atoms with E-state index in [1.165, 1.54) is 12.1 Å². The Bertz CT molecular complexity index is 1280. The monoisotopic (exact) mass is 450 g/mol. The van der Waals surface area contributed by atoms with Crippen molar-refractivity contribution in [2.24, 2.45) is 20.5 Å².